The fraction of sp³-hybridized carbons (Fsp3) is 0.400. The van der Waals surface area contributed by atoms with Gasteiger partial charge < -0.3 is 10.6 Å². The van der Waals surface area contributed by atoms with Crippen LogP contribution in [0.4, 0.5) is 5.82 Å². The molecular weight excluding hydrogens is 266 g/mol. The quantitative estimate of drug-likeness (QED) is 0.849. The molecule has 0 saturated carbocycles. The molecule has 112 valence electrons. The number of amides is 1. The Labute approximate surface area is 124 Å². The minimum Gasteiger partial charge on any atom is -0.373 e. The third kappa shape index (κ3) is 4.05. The number of carbonyl (C=O) groups is 1. The highest BCUT2D eigenvalue weighted by Gasteiger charge is 2.09. The van der Waals surface area contributed by atoms with E-state index in [4.69, 9.17) is 0 Å². The smallest absolute Gasteiger partial charge is 0.251 e. The minimum absolute atomic E-state index is 0.102. The largest absolute Gasteiger partial charge is 0.373 e. The molecule has 0 bridgehead atoms. The van der Waals surface area contributed by atoms with Crippen LogP contribution in [0.15, 0.2) is 24.5 Å². The molecule has 6 heteroatoms. The number of nitrogens with zero attached hydrogens (tertiary/aromatic N) is 3. The summed E-state index contributed by atoms with van der Waals surface area (Å²) < 4.78 is 1.71. The van der Waals surface area contributed by atoms with Crippen LogP contribution >= 0.6 is 0 Å². The summed E-state index contributed by atoms with van der Waals surface area (Å²) in [5.74, 6) is 0.614. The summed E-state index contributed by atoms with van der Waals surface area (Å²) in [6, 6.07) is 3.61. The number of rotatable bonds is 6. The first-order valence-electron chi connectivity index (χ1n) is 7.06. The second-order valence-electron chi connectivity index (χ2n) is 4.94. The zero-order valence-corrected chi connectivity index (χ0v) is 12.7. The van der Waals surface area contributed by atoms with E-state index in [2.05, 4.69) is 27.6 Å². The molecule has 0 radical (unpaired) electrons. The third-order valence-corrected chi connectivity index (χ3v) is 3.11. The van der Waals surface area contributed by atoms with Crippen LogP contribution in [0.1, 0.15) is 35.0 Å². The molecule has 0 fully saturated rings. The average molecular weight is 287 g/mol. The first-order chi connectivity index (χ1) is 10.1. The van der Waals surface area contributed by atoms with Crippen molar-refractivity contribution in [3.8, 4) is 0 Å². The Morgan fingerprint density at radius 2 is 2.19 bits per heavy atom. The lowest BCUT2D eigenvalue weighted by Gasteiger charge is -2.08. The van der Waals surface area contributed by atoms with Gasteiger partial charge in [0, 0.05) is 43.7 Å². The number of aromatic nitrogens is 3. The lowest BCUT2D eigenvalue weighted by molar-refractivity contribution is 0.0950. The van der Waals surface area contributed by atoms with Crippen molar-refractivity contribution in [2.45, 2.75) is 26.3 Å². The zero-order chi connectivity index (χ0) is 15.2. The predicted molar refractivity (Wildman–Crippen MR) is 82.2 cm³/mol. The Kier molecular flexibility index (Phi) is 4.92. The maximum Gasteiger partial charge on any atom is 0.251 e. The molecule has 2 N–H and O–H groups in total. The standard InChI is InChI=1S/C15H21N5O/c1-4-5-13-6-12(7-14(16-2)19-13)15(21)17-8-11-9-18-20(3)10-11/h6-7,9-10H,4-5,8H2,1-3H3,(H,16,19)(H,17,21). The molecule has 2 aromatic heterocycles. The molecule has 1 amide bonds. The normalized spacial score (nSPS) is 10.4. The Morgan fingerprint density at radius 3 is 2.81 bits per heavy atom. The number of anilines is 1. The van der Waals surface area contributed by atoms with Crippen LogP contribution in [0.3, 0.4) is 0 Å². The third-order valence-electron chi connectivity index (χ3n) is 3.11. The highest BCUT2D eigenvalue weighted by Crippen LogP contribution is 2.12. The van der Waals surface area contributed by atoms with Gasteiger partial charge in [-0.2, -0.15) is 5.10 Å². The molecule has 0 unspecified atom stereocenters. The lowest BCUT2D eigenvalue weighted by Crippen LogP contribution is -2.23. The van der Waals surface area contributed by atoms with Gasteiger partial charge >= 0.3 is 0 Å². The monoisotopic (exact) mass is 287 g/mol. The van der Waals surface area contributed by atoms with Crippen molar-refractivity contribution in [3.05, 3.63) is 41.3 Å². The maximum absolute atomic E-state index is 12.3. The van der Waals surface area contributed by atoms with Crippen LogP contribution in [-0.4, -0.2) is 27.7 Å². The molecule has 2 heterocycles. The molecule has 0 aromatic carbocycles. The molecular formula is C15H21N5O. The van der Waals surface area contributed by atoms with Gasteiger partial charge in [-0.05, 0) is 18.6 Å². The summed E-state index contributed by atoms with van der Waals surface area (Å²) in [4.78, 5) is 16.7. The van der Waals surface area contributed by atoms with Gasteiger partial charge in [-0.3, -0.25) is 9.48 Å². The predicted octanol–water partition coefficient (Wildman–Crippen LogP) is 1.74. The number of aryl methyl sites for hydroxylation is 2. The van der Waals surface area contributed by atoms with Crippen molar-refractivity contribution in [1.82, 2.24) is 20.1 Å². The summed E-state index contributed by atoms with van der Waals surface area (Å²) in [5.41, 5.74) is 2.53. The van der Waals surface area contributed by atoms with Crippen molar-refractivity contribution >= 4 is 11.7 Å². The number of hydrogen-bond donors (Lipinski definition) is 2. The van der Waals surface area contributed by atoms with Crippen LogP contribution in [-0.2, 0) is 20.0 Å². The highest BCUT2D eigenvalue weighted by atomic mass is 16.1. The van der Waals surface area contributed by atoms with Gasteiger partial charge in [0.2, 0.25) is 0 Å². The van der Waals surface area contributed by atoms with Gasteiger partial charge in [-0.15, -0.1) is 0 Å². The molecule has 0 aliphatic heterocycles. The van der Waals surface area contributed by atoms with Crippen molar-refractivity contribution in [2.24, 2.45) is 7.05 Å². The van der Waals surface area contributed by atoms with Gasteiger partial charge in [0.25, 0.3) is 5.91 Å². The van der Waals surface area contributed by atoms with Crippen LogP contribution < -0.4 is 10.6 Å². The summed E-state index contributed by atoms with van der Waals surface area (Å²) in [6.07, 6.45) is 5.48. The first kappa shape index (κ1) is 15.0. The minimum atomic E-state index is -0.102. The van der Waals surface area contributed by atoms with Gasteiger partial charge in [-0.25, -0.2) is 4.98 Å². The second kappa shape index (κ2) is 6.88. The van der Waals surface area contributed by atoms with Crippen LogP contribution in [0, 0.1) is 0 Å². The van der Waals surface area contributed by atoms with E-state index in [0.717, 1.165) is 24.1 Å². The first-order valence-corrected chi connectivity index (χ1v) is 7.06. The van der Waals surface area contributed by atoms with Crippen LogP contribution in [0.5, 0.6) is 0 Å². The Bertz CT molecular complexity index is 620. The van der Waals surface area contributed by atoms with Crippen LogP contribution in [0.25, 0.3) is 0 Å². The van der Waals surface area contributed by atoms with Gasteiger partial charge in [-0.1, -0.05) is 13.3 Å². The van der Waals surface area contributed by atoms with Crippen molar-refractivity contribution < 1.29 is 4.79 Å². The van der Waals surface area contributed by atoms with E-state index in [1.54, 1.807) is 24.0 Å². The maximum atomic E-state index is 12.3. The molecule has 0 aliphatic carbocycles. The Hall–Kier alpha value is -2.37. The van der Waals surface area contributed by atoms with Crippen molar-refractivity contribution in [3.63, 3.8) is 0 Å². The fourth-order valence-corrected chi connectivity index (χ4v) is 2.08. The topological polar surface area (TPSA) is 71.8 Å². The summed E-state index contributed by atoms with van der Waals surface area (Å²) in [5, 5.41) is 9.97. The SMILES string of the molecule is CCCc1cc(C(=O)NCc2cnn(C)c2)cc(NC)n1. The Balaban J connectivity index is 2.08. The molecule has 2 aromatic rings. The van der Waals surface area contributed by atoms with Gasteiger partial charge in [0.15, 0.2) is 0 Å². The van der Waals surface area contributed by atoms with Crippen molar-refractivity contribution in [2.75, 3.05) is 12.4 Å². The second-order valence-corrected chi connectivity index (χ2v) is 4.94. The van der Waals surface area contributed by atoms with E-state index < -0.39 is 0 Å². The molecule has 6 nitrogen and oxygen atoms in total. The average Bonchev–Trinajstić information content (AvgIpc) is 2.90. The van der Waals surface area contributed by atoms with E-state index >= 15 is 0 Å². The molecule has 0 saturated heterocycles. The zero-order valence-electron chi connectivity index (χ0n) is 12.7. The molecule has 2 rings (SSSR count). The molecule has 0 aliphatic rings. The van der Waals surface area contributed by atoms with E-state index in [0.29, 0.717) is 17.9 Å². The van der Waals surface area contributed by atoms with Crippen LogP contribution in [0.2, 0.25) is 0 Å². The van der Waals surface area contributed by atoms with Gasteiger partial charge in [0.1, 0.15) is 5.82 Å². The Morgan fingerprint density at radius 1 is 1.38 bits per heavy atom. The van der Waals surface area contributed by atoms with Crippen molar-refractivity contribution in [1.29, 1.82) is 0 Å². The van der Waals surface area contributed by atoms with Gasteiger partial charge in [0.05, 0.1) is 6.20 Å². The van der Waals surface area contributed by atoms with E-state index in [1.165, 1.54) is 0 Å². The summed E-state index contributed by atoms with van der Waals surface area (Å²) in [6.45, 7) is 2.56. The highest BCUT2D eigenvalue weighted by molar-refractivity contribution is 5.94. The van der Waals surface area contributed by atoms with E-state index in [1.807, 2.05) is 19.3 Å². The molecule has 0 spiro atoms. The lowest BCUT2D eigenvalue weighted by atomic mass is 10.1. The van der Waals surface area contributed by atoms with E-state index in [-0.39, 0.29) is 5.91 Å². The summed E-state index contributed by atoms with van der Waals surface area (Å²) in [7, 11) is 3.65. The van der Waals surface area contributed by atoms with E-state index in [9.17, 15) is 4.79 Å². The molecule has 21 heavy (non-hydrogen) atoms. The number of carbonyl (C=O) groups excluding carboxylic acids is 1. The molecule has 0 atom stereocenters. The number of pyridine rings is 1. The summed E-state index contributed by atoms with van der Waals surface area (Å²) >= 11 is 0. The number of hydrogen-bond acceptors (Lipinski definition) is 4. The fourth-order valence-electron chi connectivity index (χ4n) is 2.08. The number of nitrogens with one attached hydrogen (secondary N) is 2.